The Hall–Kier alpha value is -1.59. The zero-order valence-electron chi connectivity index (χ0n) is 13.5. The van der Waals surface area contributed by atoms with Crippen LogP contribution in [-0.2, 0) is 16.0 Å². The number of benzene rings is 1. The third kappa shape index (κ3) is 3.78. The molecule has 122 valence electrons. The van der Waals surface area contributed by atoms with E-state index in [2.05, 4.69) is 11.4 Å². The van der Waals surface area contributed by atoms with E-state index in [-0.39, 0.29) is 5.91 Å². The van der Waals surface area contributed by atoms with Crippen molar-refractivity contribution in [1.29, 1.82) is 0 Å². The number of amides is 1. The molecule has 2 rings (SSSR count). The van der Waals surface area contributed by atoms with Gasteiger partial charge in [-0.25, -0.2) is 0 Å². The summed E-state index contributed by atoms with van der Waals surface area (Å²) in [6.07, 6.45) is 2.18. The van der Waals surface area contributed by atoms with E-state index in [1.54, 1.807) is 7.11 Å². The highest BCUT2D eigenvalue weighted by molar-refractivity contribution is 5.83. The summed E-state index contributed by atoms with van der Waals surface area (Å²) < 4.78 is 10.7. The Kier molecular flexibility index (Phi) is 5.80. The molecule has 1 aromatic rings. The minimum absolute atomic E-state index is 0.0531. The van der Waals surface area contributed by atoms with Gasteiger partial charge in [0.2, 0.25) is 5.91 Å². The third-order valence-corrected chi connectivity index (χ3v) is 4.49. The lowest BCUT2D eigenvalue weighted by atomic mass is 9.79. The van der Waals surface area contributed by atoms with Crippen molar-refractivity contribution in [2.24, 2.45) is 11.1 Å². The van der Waals surface area contributed by atoms with Crippen molar-refractivity contribution < 1.29 is 14.3 Å². The first-order chi connectivity index (χ1) is 10.6. The number of carbonyl (C=O) groups excluding carboxylic acids is 1. The summed E-state index contributed by atoms with van der Waals surface area (Å²) in [5, 5.41) is 3.03. The van der Waals surface area contributed by atoms with Crippen LogP contribution in [0, 0.1) is 12.3 Å². The smallest absolute Gasteiger partial charge is 0.227 e. The third-order valence-electron chi connectivity index (χ3n) is 4.49. The van der Waals surface area contributed by atoms with Gasteiger partial charge in [-0.3, -0.25) is 4.79 Å². The number of aryl methyl sites for hydroxylation is 1. The lowest BCUT2D eigenvalue weighted by Crippen LogP contribution is -2.49. The molecule has 1 aliphatic rings. The highest BCUT2D eigenvalue weighted by Gasteiger charge is 2.38. The van der Waals surface area contributed by atoms with Gasteiger partial charge >= 0.3 is 0 Å². The van der Waals surface area contributed by atoms with Gasteiger partial charge in [-0.1, -0.05) is 12.1 Å². The number of hydrogen-bond acceptors (Lipinski definition) is 4. The predicted molar refractivity (Wildman–Crippen MR) is 86.0 cm³/mol. The van der Waals surface area contributed by atoms with Crippen molar-refractivity contribution in [1.82, 2.24) is 5.32 Å². The maximum atomic E-state index is 12.4. The maximum Gasteiger partial charge on any atom is 0.227 e. The van der Waals surface area contributed by atoms with Gasteiger partial charge in [0.25, 0.3) is 0 Å². The van der Waals surface area contributed by atoms with Crippen LogP contribution in [0.5, 0.6) is 5.75 Å². The van der Waals surface area contributed by atoms with Crippen LogP contribution in [0.3, 0.4) is 0 Å². The number of hydrogen-bond donors (Lipinski definition) is 2. The van der Waals surface area contributed by atoms with Gasteiger partial charge in [0.15, 0.2) is 0 Å². The Bertz CT molecular complexity index is 511. The highest BCUT2D eigenvalue weighted by atomic mass is 16.5. The van der Waals surface area contributed by atoms with Crippen LogP contribution in [0.15, 0.2) is 18.2 Å². The first kappa shape index (κ1) is 16.8. The van der Waals surface area contributed by atoms with Crippen LogP contribution in [0.1, 0.15) is 24.0 Å². The number of ether oxygens (including phenoxy) is 2. The van der Waals surface area contributed by atoms with Gasteiger partial charge < -0.3 is 20.5 Å². The van der Waals surface area contributed by atoms with Crippen LogP contribution >= 0.6 is 0 Å². The fraction of sp³-hybridized carbons (Fsp3) is 0.588. The molecule has 5 heteroatoms. The normalized spacial score (nSPS) is 17.0. The number of rotatable bonds is 6. The fourth-order valence-electron chi connectivity index (χ4n) is 2.81. The number of methoxy groups -OCH3 is 1. The molecule has 0 radical (unpaired) electrons. The molecular formula is C17H26N2O3. The molecule has 0 aromatic heterocycles. The number of carbonyl (C=O) groups is 1. The Morgan fingerprint density at radius 1 is 1.41 bits per heavy atom. The molecule has 3 N–H and O–H groups in total. The average molecular weight is 306 g/mol. The molecule has 1 saturated heterocycles. The molecular weight excluding hydrogens is 280 g/mol. The van der Waals surface area contributed by atoms with E-state index in [9.17, 15) is 4.79 Å². The van der Waals surface area contributed by atoms with Crippen LogP contribution < -0.4 is 15.8 Å². The molecule has 1 fully saturated rings. The molecule has 0 bridgehead atoms. The van der Waals surface area contributed by atoms with Crippen molar-refractivity contribution in [3.05, 3.63) is 29.3 Å². The zero-order chi connectivity index (χ0) is 16.0. The molecule has 1 aromatic carbocycles. The maximum absolute atomic E-state index is 12.4. The summed E-state index contributed by atoms with van der Waals surface area (Å²) in [7, 11) is 1.67. The van der Waals surface area contributed by atoms with E-state index in [1.807, 2.05) is 19.1 Å². The molecule has 1 heterocycles. The van der Waals surface area contributed by atoms with E-state index in [0.717, 1.165) is 23.3 Å². The second-order valence-electron chi connectivity index (χ2n) is 5.91. The van der Waals surface area contributed by atoms with Crippen LogP contribution in [0.2, 0.25) is 0 Å². The topological polar surface area (TPSA) is 73.6 Å². The van der Waals surface area contributed by atoms with Gasteiger partial charge in [-0.2, -0.15) is 0 Å². The first-order valence-corrected chi connectivity index (χ1v) is 7.81. The Balaban J connectivity index is 1.88. The first-order valence-electron chi connectivity index (χ1n) is 7.81. The standard InChI is InChI=1S/C17H26N2O3/c1-13-3-4-14(11-15(13)21-2)5-8-19-16(20)17(12-18)6-9-22-10-7-17/h3-4,11H,5-10,12,18H2,1-2H3,(H,19,20). The summed E-state index contributed by atoms with van der Waals surface area (Å²) in [6, 6.07) is 6.13. The quantitative estimate of drug-likeness (QED) is 0.833. The SMILES string of the molecule is COc1cc(CCNC(=O)C2(CN)CCOCC2)ccc1C. The molecule has 1 aliphatic heterocycles. The lowest BCUT2D eigenvalue weighted by molar-refractivity contribution is -0.135. The molecule has 0 spiro atoms. The van der Waals surface area contributed by atoms with Crippen molar-refractivity contribution >= 4 is 5.91 Å². The summed E-state index contributed by atoms with van der Waals surface area (Å²) in [5.74, 6) is 0.934. The van der Waals surface area contributed by atoms with E-state index in [1.165, 1.54) is 0 Å². The van der Waals surface area contributed by atoms with Crippen LogP contribution in [-0.4, -0.2) is 39.3 Å². The van der Waals surface area contributed by atoms with E-state index < -0.39 is 5.41 Å². The van der Waals surface area contributed by atoms with Gasteiger partial charge in [0.1, 0.15) is 5.75 Å². The van der Waals surface area contributed by atoms with E-state index >= 15 is 0 Å². The number of nitrogens with one attached hydrogen (secondary N) is 1. The highest BCUT2D eigenvalue weighted by Crippen LogP contribution is 2.29. The van der Waals surface area contributed by atoms with Crippen molar-refractivity contribution in [2.75, 3.05) is 33.4 Å². The minimum Gasteiger partial charge on any atom is -0.496 e. The summed E-state index contributed by atoms with van der Waals surface area (Å²) >= 11 is 0. The summed E-state index contributed by atoms with van der Waals surface area (Å²) in [4.78, 5) is 12.4. The van der Waals surface area contributed by atoms with Crippen molar-refractivity contribution in [3.63, 3.8) is 0 Å². The monoisotopic (exact) mass is 306 g/mol. The summed E-state index contributed by atoms with van der Waals surface area (Å²) in [5.41, 5.74) is 7.65. The van der Waals surface area contributed by atoms with Gasteiger partial charge in [0.05, 0.1) is 12.5 Å². The van der Waals surface area contributed by atoms with Gasteiger partial charge in [-0.15, -0.1) is 0 Å². The number of nitrogens with two attached hydrogens (primary N) is 1. The fourth-order valence-corrected chi connectivity index (χ4v) is 2.81. The average Bonchev–Trinajstić information content (AvgIpc) is 2.56. The van der Waals surface area contributed by atoms with Crippen LogP contribution in [0.25, 0.3) is 0 Å². The molecule has 0 atom stereocenters. The molecule has 0 saturated carbocycles. The molecule has 0 unspecified atom stereocenters. The molecule has 0 aliphatic carbocycles. The molecule has 5 nitrogen and oxygen atoms in total. The summed E-state index contributed by atoms with van der Waals surface area (Å²) in [6.45, 7) is 4.22. The minimum atomic E-state index is -0.455. The van der Waals surface area contributed by atoms with Crippen LogP contribution in [0.4, 0.5) is 0 Å². The molecule has 22 heavy (non-hydrogen) atoms. The Morgan fingerprint density at radius 3 is 2.77 bits per heavy atom. The van der Waals surface area contributed by atoms with Crippen molar-refractivity contribution in [3.8, 4) is 5.75 Å². The van der Waals surface area contributed by atoms with Gasteiger partial charge in [-0.05, 0) is 43.4 Å². The Morgan fingerprint density at radius 2 is 2.14 bits per heavy atom. The predicted octanol–water partition coefficient (Wildman–Crippen LogP) is 1.42. The second-order valence-corrected chi connectivity index (χ2v) is 5.91. The van der Waals surface area contributed by atoms with Crippen molar-refractivity contribution in [2.45, 2.75) is 26.2 Å². The van der Waals surface area contributed by atoms with E-state index in [4.69, 9.17) is 15.2 Å². The second kappa shape index (κ2) is 7.61. The lowest BCUT2D eigenvalue weighted by Gasteiger charge is -2.34. The van der Waals surface area contributed by atoms with E-state index in [0.29, 0.717) is 39.1 Å². The zero-order valence-corrected chi connectivity index (χ0v) is 13.5. The Labute approximate surface area is 132 Å². The van der Waals surface area contributed by atoms with Gasteiger partial charge in [0, 0.05) is 26.3 Å². The largest absolute Gasteiger partial charge is 0.496 e. The molecule has 1 amide bonds.